The highest BCUT2D eigenvalue weighted by Crippen LogP contribution is 2.33. The van der Waals surface area contributed by atoms with Gasteiger partial charge < -0.3 is 0 Å². The summed E-state index contributed by atoms with van der Waals surface area (Å²) in [6.07, 6.45) is 0. The van der Waals surface area contributed by atoms with Crippen molar-refractivity contribution in [3.8, 4) is 0 Å². The van der Waals surface area contributed by atoms with Crippen LogP contribution in [0.5, 0.6) is 0 Å². The number of hydrogen-bond donors (Lipinski definition) is 0. The molecule has 0 saturated carbocycles. The summed E-state index contributed by atoms with van der Waals surface area (Å²) in [4.78, 5) is 12.1. The zero-order valence-electron chi connectivity index (χ0n) is 10.5. The van der Waals surface area contributed by atoms with Crippen molar-refractivity contribution >= 4 is 21.7 Å². The molecule has 2 heteroatoms. The highest BCUT2D eigenvalue weighted by molar-refractivity contribution is 9.10. The van der Waals surface area contributed by atoms with Crippen LogP contribution in [0.15, 0.2) is 59.1 Å². The Bertz CT molecular complexity index is 545. The summed E-state index contributed by atoms with van der Waals surface area (Å²) in [5.74, 6) is 0.149. The van der Waals surface area contributed by atoms with E-state index in [0.717, 1.165) is 15.6 Å². The Morgan fingerprint density at radius 1 is 0.944 bits per heavy atom. The number of halogens is 1. The Labute approximate surface area is 116 Å². The minimum absolute atomic E-state index is 0.149. The normalized spacial score (nSPS) is 13.9. The van der Waals surface area contributed by atoms with E-state index in [9.17, 15) is 4.79 Å². The molecule has 0 bridgehead atoms. The van der Waals surface area contributed by atoms with Gasteiger partial charge in [-0.3, -0.25) is 4.79 Å². The number of carbonyl (C=O) groups is 1. The second-order valence-electron chi connectivity index (χ2n) is 4.55. The number of Topliss-reactive ketones (excluding diaryl/α,β-unsaturated/α-hetero) is 1. The lowest BCUT2D eigenvalue weighted by Crippen LogP contribution is -2.31. The van der Waals surface area contributed by atoms with Crippen molar-refractivity contribution in [1.82, 2.24) is 0 Å². The molecule has 0 heterocycles. The Kier molecular flexibility index (Phi) is 3.67. The van der Waals surface area contributed by atoms with Gasteiger partial charge in [-0.05, 0) is 37.1 Å². The highest BCUT2D eigenvalue weighted by Gasteiger charge is 2.33. The molecule has 0 amide bonds. The predicted octanol–water partition coefficient (Wildman–Crippen LogP) is 4.34. The molecule has 0 aliphatic rings. The molecule has 0 N–H and O–H groups in total. The van der Waals surface area contributed by atoms with Gasteiger partial charge in [0.15, 0.2) is 0 Å². The van der Waals surface area contributed by atoms with Crippen molar-refractivity contribution in [2.45, 2.75) is 19.3 Å². The molecule has 18 heavy (non-hydrogen) atoms. The second-order valence-corrected chi connectivity index (χ2v) is 5.47. The van der Waals surface area contributed by atoms with Gasteiger partial charge in [0.05, 0.1) is 5.41 Å². The summed E-state index contributed by atoms with van der Waals surface area (Å²) in [5, 5.41) is 0. The molecule has 0 fully saturated rings. The molecule has 0 spiro atoms. The van der Waals surface area contributed by atoms with E-state index in [2.05, 4.69) is 15.9 Å². The van der Waals surface area contributed by atoms with Crippen LogP contribution in [-0.4, -0.2) is 5.78 Å². The van der Waals surface area contributed by atoms with E-state index in [0.29, 0.717) is 0 Å². The fourth-order valence-corrected chi connectivity index (χ4v) is 2.39. The van der Waals surface area contributed by atoms with Crippen molar-refractivity contribution < 1.29 is 4.79 Å². The Balaban J connectivity index is 2.58. The largest absolute Gasteiger partial charge is 0.299 e. The monoisotopic (exact) mass is 302 g/mol. The molecule has 0 aliphatic heterocycles. The molecule has 0 aromatic heterocycles. The third-order valence-corrected chi connectivity index (χ3v) is 4.01. The van der Waals surface area contributed by atoms with Crippen LogP contribution in [0, 0.1) is 0 Å². The van der Waals surface area contributed by atoms with Crippen LogP contribution in [0.3, 0.4) is 0 Å². The van der Waals surface area contributed by atoms with Crippen LogP contribution >= 0.6 is 15.9 Å². The predicted molar refractivity (Wildman–Crippen MR) is 77.7 cm³/mol. The first-order chi connectivity index (χ1) is 8.55. The summed E-state index contributed by atoms with van der Waals surface area (Å²) < 4.78 is 1.02. The summed E-state index contributed by atoms with van der Waals surface area (Å²) in [7, 11) is 0. The fraction of sp³-hybridized carbons (Fsp3) is 0.188. The van der Waals surface area contributed by atoms with Gasteiger partial charge in [0.1, 0.15) is 5.78 Å². The van der Waals surface area contributed by atoms with E-state index >= 15 is 0 Å². The number of benzene rings is 2. The first-order valence-corrected chi connectivity index (χ1v) is 6.67. The SMILES string of the molecule is CC(=O)C(C)(c1ccccc1)c1ccc(Br)cc1. The van der Waals surface area contributed by atoms with Gasteiger partial charge in [0.2, 0.25) is 0 Å². The first kappa shape index (κ1) is 13.0. The summed E-state index contributed by atoms with van der Waals surface area (Å²) >= 11 is 3.42. The molecule has 0 radical (unpaired) electrons. The van der Waals surface area contributed by atoms with Gasteiger partial charge in [0, 0.05) is 4.47 Å². The maximum atomic E-state index is 12.1. The van der Waals surface area contributed by atoms with Gasteiger partial charge >= 0.3 is 0 Å². The molecule has 0 aliphatic carbocycles. The molecule has 2 aromatic rings. The molecule has 1 nitrogen and oxygen atoms in total. The van der Waals surface area contributed by atoms with Crippen molar-refractivity contribution in [3.63, 3.8) is 0 Å². The zero-order chi connectivity index (χ0) is 13.2. The lowest BCUT2D eigenvalue weighted by molar-refractivity contribution is -0.120. The minimum Gasteiger partial charge on any atom is -0.299 e. The smallest absolute Gasteiger partial charge is 0.144 e. The number of hydrogen-bond acceptors (Lipinski definition) is 1. The van der Waals surface area contributed by atoms with Gasteiger partial charge in [-0.15, -0.1) is 0 Å². The minimum atomic E-state index is -0.581. The van der Waals surface area contributed by atoms with Crippen molar-refractivity contribution in [3.05, 3.63) is 70.2 Å². The lowest BCUT2D eigenvalue weighted by Gasteiger charge is -2.28. The van der Waals surface area contributed by atoms with Crippen LogP contribution in [0.2, 0.25) is 0 Å². The molecule has 92 valence electrons. The molecular weight excluding hydrogens is 288 g/mol. The van der Waals surface area contributed by atoms with Crippen LogP contribution in [0.4, 0.5) is 0 Å². The number of rotatable bonds is 3. The van der Waals surface area contributed by atoms with Crippen LogP contribution in [0.25, 0.3) is 0 Å². The van der Waals surface area contributed by atoms with E-state index in [1.807, 2.05) is 61.5 Å². The quantitative estimate of drug-likeness (QED) is 0.824. The van der Waals surface area contributed by atoms with Crippen molar-refractivity contribution in [2.24, 2.45) is 0 Å². The summed E-state index contributed by atoms with van der Waals surface area (Å²) in [6, 6.07) is 17.8. The molecule has 2 aromatic carbocycles. The van der Waals surface area contributed by atoms with E-state index in [4.69, 9.17) is 0 Å². The maximum absolute atomic E-state index is 12.1. The first-order valence-electron chi connectivity index (χ1n) is 5.88. The standard InChI is InChI=1S/C16H15BrO/c1-12(18)16(2,13-6-4-3-5-7-13)14-8-10-15(17)11-9-14/h3-11H,1-2H3. The summed E-state index contributed by atoms with van der Waals surface area (Å²) in [5.41, 5.74) is 1.46. The third-order valence-electron chi connectivity index (χ3n) is 3.48. The molecule has 1 atom stereocenters. The van der Waals surface area contributed by atoms with E-state index < -0.39 is 5.41 Å². The van der Waals surface area contributed by atoms with E-state index in [1.165, 1.54) is 0 Å². The van der Waals surface area contributed by atoms with Gasteiger partial charge in [0.25, 0.3) is 0 Å². The molecule has 1 unspecified atom stereocenters. The van der Waals surface area contributed by atoms with Crippen LogP contribution in [0.1, 0.15) is 25.0 Å². The summed E-state index contributed by atoms with van der Waals surface area (Å²) in [6.45, 7) is 3.63. The lowest BCUT2D eigenvalue weighted by atomic mass is 9.73. The number of ketones is 1. The van der Waals surface area contributed by atoms with Gasteiger partial charge in [-0.25, -0.2) is 0 Å². The van der Waals surface area contributed by atoms with Crippen LogP contribution in [-0.2, 0) is 10.2 Å². The highest BCUT2D eigenvalue weighted by atomic mass is 79.9. The topological polar surface area (TPSA) is 17.1 Å². The van der Waals surface area contributed by atoms with Crippen molar-refractivity contribution in [1.29, 1.82) is 0 Å². The second kappa shape index (κ2) is 5.07. The Morgan fingerprint density at radius 3 is 1.94 bits per heavy atom. The fourth-order valence-electron chi connectivity index (χ4n) is 2.13. The zero-order valence-corrected chi connectivity index (χ0v) is 12.1. The Hall–Kier alpha value is -1.41. The van der Waals surface area contributed by atoms with E-state index in [1.54, 1.807) is 6.92 Å². The van der Waals surface area contributed by atoms with Crippen LogP contribution < -0.4 is 0 Å². The maximum Gasteiger partial charge on any atom is 0.144 e. The third kappa shape index (κ3) is 2.25. The Morgan fingerprint density at radius 2 is 1.44 bits per heavy atom. The van der Waals surface area contributed by atoms with Gasteiger partial charge in [-0.2, -0.15) is 0 Å². The molecule has 0 saturated heterocycles. The molecule has 2 rings (SSSR count). The number of carbonyl (C=O) groups excluding carboxylic acids is 1. The molecular formula is C16H15BrO. The van der Waals surface area contributed by atoms with Gasteiger partial charge in [-0.1, -0.05) is 58.4 Å². The van der Waals surface area contributed by atoms with Crippen molar-refractivity contribution in [2.75, 3.05) is 0 Å². The average Bonchev–Trinajstić information content (AvgIpc) is 2.39. The average molecular weight is 303 g/mol. The van der Waals surface area contributed by atoms with E-state index in [-0.39, 0.29) is 5.78 Å².